The number of nitrogens with one attached hydrogen (secondary N) is 2. The van der Waals surface area contributed by atoms with Gasteiger partial charge in [-0.1, -0.05) is 12.1 Å². The minimum atomic E-state index is -4.72. The zero-order chi connectivity index (χ0) is 14.9. The van der Waals surface area contributed by atoms with Crippen molar-refractivity contribution in [2.75, 3.05) is 0 Å². The van der Waals surface area contributed by atoms with Gasteiger partial charge in [-0.25, -0.2) is 4.57 Å². The Morgan fingerprint density at radius 1 is 1.05 bits per heavy atom. The summed E-state index contributed by atoms with van der Waals surface area (Å²) < 4.78 is 15.8. The molecule has 0 saturated carbocycles. The SMILES string of the molecule is O=P(O)(O)Oc1cccc(-c2cn[nH]n2)c1-c1cn[nH]n1. The highest BCUT2D eigenvalue weighted by Gasteiger charge is 2.23. The Labute approximate surface area is 117 Å². The molecule has 2 heterocycles. The number of phosphoric acid groups is 1. The molecule has 2 aromatic heterocycles. The maximum absolute atomic E-state index is 11.1. The summed E-state index contributed by atoms with van der Waals surface area (Å²) >= 11 is 0. The average molecular weight is 308 g/mol. The van der Waals surface area contributed by atoms with Gasteiger partial charge in [0.05, 0.1) is 18.0 Å². The van der Waals surface area contributed by atoms with Crippen LogP contribution in [0, 0.1) is 0 Å². The molecule has 3 aromatic rings. The van der Waals surface area contributed by atoms with Gasteiger partial charge >= 0.3 is 7.82 Å². The van der Waals surface area contributed by atoms with E-state index in [1.807, 2.05) is 0 Å². The molecule has 4 N–H and O–H groups in total. The fourth-order valence-corrected chi connectivity index (χ4v) is 2.27. The lowest BCUT2D eigenvalue weighted by molar-refractivity contribution is 0.283. The molecule has 0 saturated heterocycles. The molecule has 0 radical (unpaired) electrons. The fraction of sp³-hybridized carbons (Fsp3) is 0. The molecule has 0 fully saturated rings. The molecule has 0 spiro atoms. The summed E-state index contributed by atoms with van der Waals surface area (Å²) in [6.07, 6.45) is 2.88. The second-order valence-electron chi connectivity index (χ2n) is 3.97. The summed E-state index contributed by atoms with van der Waals surface area (Å²) in [7, 11) is -4.72. The molecule has 1 aromatic carbocycles. The number of H-pyrrole nitrogens is 2. The molecule has 0 aliphatic rings. The Morgan fingerprint density at radius 2 is 1.71 bits per heavy atom. The van der Waals surface area contributed by atoms with Crippen LogP contribution in [0.3, 0.4) is 0 Å². The van der Waals surface area contributed by atoms with Crippen LogP contribution in [0.4, 0.5) is 0 Å². The summed E-state index contributed by atoms with van der Waals surface area (Å²) in [5.41, 5.74) is 1.73. The molecule has 3 rings (SSSR count). The van der Waals surface area contributed by atoms with Crippen molar-refractivity contribution in [2.45, 2.75) is 0 Å². The van der Waals surface area contributed by atoms with Gasteiger partial charge in [-0.05, 0) is 6.07 Å². The van der Waals surface area contributed by atoms with Gasteiger partial charge in [0.25, 0.3) is 0 Å². The van der Waals surface area contributed by atoms with E-state index in [-0.39, 0.29) is 5.75 Å². The Morgan fingerprint density at radius 3 is 2.29 bits per heavy atom. The molecule has 21 heavy (non-hydrogen) atoms. The second kappa shape index (κ2) is 5.09. The summed E-state index contributed by atoms with van der Waals surface area (Å²) in [6.45, 7) is 0. The van der Waals surface area contributed by atoms with Gasteiger partial charge in [0.15, 0.2) is 0 Å². The highest BCUT2D eigenvalue weighted by molar-refractivity contribution is 7.46. The summed E-state index contributed by atoms with van der Waals surface area (Å²) in [5.74, 6) is -0.0299. The first-order chi connectivity index (χ1) is 10.0. The molecular formula is C10H9N6O4P. The largest absolute Gasteiger partial charge is 0.524 e. The lowest BCUT2D eigenvalue weighted by Crippen LogP contribution is -1.95. The number of aromatic amines is 2. The third kappa shape index (κ3) is 2.82. The standard InChI is InChI=1S/C10H9N6O4P/c17-21(18,19)20-9-3-1-2-6(7-4-11-15-13-7)10(9)8-5-12-16-14-8/h1-5H,(H,11,13,15)(H,12,14,16)(H2,17,18,19). The highest BCUT2D eigenvalue weighted by atomic mass is 31.2. The van der Waals surface area contributed by atoms with Crippen LogP contribution in [0.15, 0.2) is 30.6 Å². The molecule has 0 aliphatic carbocycles. The van der Waals surface area contributed by atoms with E-state index in [4.69, 9.17) is 14.3 Å². The van der Waals surface area contributed by atoms with Gasteiger partial charge < -0.3 is 4.52 Å². The van der Waals surface area contributed by atoms with Crippen molar-refractivity contribution < 1.29 is 18.9 Å². The Balaban J connectivity index is 2.22. The lowest BCUT2D eigenvalue weighted by atomic mass is 10.0. The van der Waals surface area contributed by atoms with E-state index in [1.165, 1.54) is 18.5 Å². The zero-order valence-electron chi connectivity index (χ0n) is 10.3. The Kier molecular flexibility index (Phi) is 3.26. The minimum absolute atomic E-state index is 0.0299. The van der Waals surface area contributed by atoms with Crippen molar-refractivity contribution in [3.05, 3.63) is 30.6 Å². The average Bonchev–Trinajstić information content (AvgIpc) is 3.10. The van der Waals surface area contributed by atoms with Crippen LogP contribution in [0.25, 0.3) is 22.5 Å². The van der Waals surface area contributed by atoms with E-state index in [9.17, 15) is 4.57 Å². The van der Waals surface area contributed by atoms with Crippen molar-refractivity contribution in [1.29, 1.82) is 0 Å². The van der Waals surface area contributed by atoms with Gasteiger partial charge in [0.2, 0.25) is 0 Å². The van der Waals surface area contributed by atoms with Crippen molar-refractivity contribution in [3.63, 3.8) is 0 Å². The molecule has 10 nitrogen and oxygen atoms in total. The number of nitrogens with zero attached hydrogens (tertiary/aromatic N) is 4. The van der Waals surface area contributed by atoms with E-state index in [2.05, 4.69) is 30.8 Å². The van der Waals surface area contributed by atoms with E-state index in [1.54, 1.807) is 12.1 Å². The summed E-state index contributed by atoms with van der Waals surface area (Å²) in [5, 5.41) is 20.2. The Bertz CT molecular complexity index is 782. The van der Waals surface area contributed by atoms with Crippen LogP contribution in [0.1, 0.15) is 0 Å². The molecule has 0 atom stereocenters. The molecular weight excluding hydrogens is 299 g/mol. The zero-order valence-corrected chi connectivity index (χ0v) is 11.2. The van der Waals surface area contributed by atoms with Crippen LogP contribution in [0.5, 0.6) is 5.75 Å². The topological polar surface area (TPSA) is 150 Å². The number of benzene rings is 1. The first-order valence-corrected chi connectivity index (χ1v) is 7.18. The number of rotatable bonds is 4. The Hall–Kier alpha value is -2.55. The monoisotopic (exact) mass is 308 g/mol. The van der Waals surface area contributed by atoms with Crippen LogP contribution in [-0.2, 0) is 4.57 Å². The van der Waals surface area contributed by atoms with Gasteiger partial charge in [-0.15, -0.1) is 0 Å². The predicted octanol–water partition coefficient (Wildman–Crippen LogP) is 0.728. The van der Waals surface area contributed by atoms with Crippen molar-refractivity contribution >= 4 is 7.82 Å². The van der Waals surface area contributed by atoms with Gasteiger partial charge in [-0.3, -0.25) is 9.79 Å². The first-order valence-electron chi connectivity index (χ1n) is 5.65. The van der Waals surface area contributed by atoms with E-state index in [0.717, 1.165) is 0 Å². The van der Waals surface area contributed by atoms with Crippen LogP contribution < -0.4 is 4.52 Å². The van der Waals surface area contributed by atoms with Crippen molar-refractivity contribution in [3.8, 4) is 28.3 Å². The molecule has 11 heteroatoms. The third-order valence-electron chi connectivity index (χ3n) is 2.61. The number of aromatic nitrogens is 6. The number of hydrogen-bond acceptors (Lipinski definition) is 6. The highest BCUT2D eigenvalue weighted by Crippen LogP contribution is 2.44. The van der Waals surface area contributed by atoms with Crippen LogP contribution in [-0.4, -0.2) is 40.6 Å². The van der Waals surface area contributed by atoms with Gasteiger partial charge in [0.1, 0.15) is 17.1 Å². The molecule has 0 bridgehead atoms. The van der Waals surface area contributed by atoms with E-state index < -0.39 is 7.82 Å². The number of hydrogen-bond donors (Lipinski definition) is 4. The maximum Gasteiger partial charge on any atom is 0.524 e. The summed E-state index contributed by atoms with van der Waals surface area (Å²) in [4.78, 5) is 18.1. The van der Waals surface area contributed by atoms with Crippen LogP contribution in [0.2, 0.25) is 0 Å². The summed E-state index contributed by atoms with van der Waals surface area (Å²) in [6, 6.07) is 4.71. The maximum atomic E-state index is 11.1. The molecule has 0 amide bonds. The number of phosphoric ester groups is 1. The first kappa shape index (κ1) is 13.4. The van der Waals surface area contributed by atoms with Crippen LogP contribution >= 0.6 is 7.82 Å². The van der Waals surface area contributed by atoms with E-state index in [0.29, 0.717) is 22.5 Å². The van der Waals surface area contributed by atoms with Gasteiger partial charge in [-0.2, -0.15) is 30.8 Å². The lowest BCUT2D eigenvalue weighted by Gasteiger charge is -2.13. The predicted molar refractivity (Wildman–Crippen MR) is 69.9 cm³/mol. The third-order valence-corrected chi connectivity index (χ3v) is 3.04. The van der Waals surface area contributed by atoms with Gasteiger partial charge in [0, 0.05) is 5.56 Å². The molecule has 0 unspecified atom stereocenters. The molecule has 0 aliphatic heterocycles. The smallest absolute Gasteiger partial charge is 0.404 e. The van der Waals surface area contributed by atoms with Crippen molar-refractivity contribution in [1.82, 2.24) is 30.8 Å². The normalized spacial score (nSPS) is 11.5. The minimum Gasteiger partial charge on any atom is -0.404 e. The second-order valence-corrected chi connectivity index (χ2v) is 5.13. The van der Waals surface area contributed by atoms with Crippen molar-refractivity contribution in [2.24, 2.45) is 0 Å². The fourth-order valence-electron chi connectivity index (χ4n) is 1.87. The van der Waals surface area contributed by atoms with E-state index >= 15 is 0 Å². The molecule has 108 valence electrons. The quantitative estimate of drug-likeness (QED) is 0.515.